The number of nitrogens with zero attached hydrogens (tertiary/aromatic N) is 3. The van der Waals surface area contributed by atoms with Crippen LogP contribution in [0.4, 0.5) is 17.6 Å². The molecule has 0 radical (unpaired) electrons. The number of carbonyl (C=O) groups excluding carboxylic acids is 1. The summed E-state index contributed by atoms with van der Waals surface area (Å²) in [6.07, 6.45) is 0.967. The van der Waals surface area contributed by atoms with Gasteiger partial charge in [0.15, 0.2) is 12.4 Å². The summed E-state index contributed by atoms with van der Waals surface area (Å²) in [4.78, 5) is 24.1. The molecule has 0 bridgehead atoms. The van der Waals surface area contributed by atoms with Crippen molar-refractivity contribution < 1.29 is 9.53 Å². The molecule has 3 N–H and O–H groups in total. The van der Waals surface area contributed by atoms with E-state index in [0.29, 0.717) is 24.6 Å². The highest BCUT2D eigenvalue weighted by Gasteiger charge is 2.09. The third kappa shape index (κ3) is 5.25. The molecule has 0 fully saturated rings. The topological polar surface area (TPSA) is 103 Å². The number of anilines is 3. The van der Waals surface area contributed by atoms with Crippen LogP contribution in [0.2, 0.25) is 0 Å². The molecular weight excluding hydrogens is 338 g/mol. The van der Waals surface area contributed by atoms with Gasteiger partial charge in [0.25, 0.3) is 0 Å². The maximum atomic E-state index is 11.8. The largest absolute Gasteiger partial charge is 0.457 e. The van der Waals surface area contributed by atoms with Crippen molar-refractivity contribution in [2.24, 2.45) is 0 Å². The molecule has 3 rings (SSSR count). The van der Waals surface area contributed by atoms with Gasteiger partial charge in [0.1, 0.15) is 0 Å². The van der Waals surface area contributed by atoms with Gasteiger partial charge in [-0.1, -0.05) is 18.2 Å². The molecule has 25 heavy (non-hydrogen) atoms. The zero-order valence-corrected chi connectivity index (χ0v) is 14.2. The molecule has 0 atom stereocenters. The molecule has 128 valence electrons. The van der Waals surface area contributed by atoms with Crippen LogP contribution in [-0.2, 0) is 22.6 Å². The van der Waals surface area contributed by atoms with Crippen LogP contribution in [0.3, 0.4) is 0 Å². The standard InChI is InChI=1S/C17H17N5O2S/c18-16-20-14(10-24-15(23)7-6-12-8-9-25-11-12)21-17(22-16)19-13-4-2-1-3-5-13/h1-5,8-9,11H,6-7,10H2,(H3,18,19,20,21,22). The maximum absolute atomic E-state index is 11.8. The fraction of sp³-hybridized carbons (Fsp3) is 0.176. The number of nitrogens with two attached hydrogens (primary N) is 1. The lowest BCUT2D eigenvalue weighted by atomic mass is 10.2. The first-order valence-electron chi connectivity index (χ1n) is 7.68. The predicted molar refractivity (Wildman–Crippen MR) is 96.4 cm³/mol. The van der Waals surface area contributed by atoms with Gasteiger partial charge in [0.2, 0.25) is 11.9 Å². The molecule has 0 spiro atoms. The monoisotopic (exact) mass is 355 g/mol. The summed E-state index contributed by atoms with van der Waals surface area (Å²) < 4.78 is 5.21. The van der Waals surface area contributed by atoms with Crippen molar-refractivity contribution in [2.45, 2.75) is 19.4 Å². The highest BCUT2D eigenvalue weighted by Crippen LogP contribution is 2.13. The molecule has 1 aromatic carbocycles. The number of aromatic nitrogens is 3. The van der Waals surface area contributed by atoms with Crippen molar-refractivity contribution >= 4 is 34.9 Å². The number of nitrogens with one attached hydrogen (secondary N) is 1. The van der Waals surface area contributed by atoms with E-state index in [0.717, 1.165) is 11.3 Å². The Morgan fingerprint density at radius 2 is 2.00 bits per heavy atom. The minimum Gasteiger partial charge on any atom is -0.457 e. The van der Waals surface area contributed by atoms with E-state index in [2.05, 4.69) is 20.3 Å². The number of hydrogen-bond acceptors (Lipinski definition) is 8. The van der Waals surface area contributed by atoms with Crippen LogP contribution in [0.15, 0.2) is 47.2 Å². The normalized spacial score (nSPS) is 10.4. The zero-order chi connectivity index (χ0) is 17.5. The second kappa shape index (κ2) is 8.20. The molecule has 0 aliphatic carbocycles. The molecule has 3 aromatic rings. The van der Waals surface area contributed by atoms with Crippen molar-refractivity contribution in [1.82, 2.24) is 15.0 Å². The van der Waals surface area contributed by atoms with Gasteiger partial charge >= 0.3 is 5.97 Å². The minimum absolute atomic E-state index is 0.0430. The van der Waals surface area contributed by atoms with Gasteiger partial charge in [-0.2, -0.15) is 26.3 Å². The highest BCUT2D eigenvalue weighted by atomic mass is 32.1. The Kier molecular flexibility index (Phi) is 5.53. The number of hydrogen-bond donors (Lipinski definition) is 2. The summed E-state index contributed by atoms with van der Waals surface area (Å²) in [5, 5.41) is 7.03. The molecule has 7 nitrogen and oxygen atoms in total. The second-order valence-corrected chi connectivity index (χ2v) is 6.00. The number of nitrogen functional groups attached to an aromatic ring is 1. The molecule has 0 aliphatic heterocycles. The number of rotatable bonds is 7. The van der Waals surface area contributed by atoms with E-state index in [1.165, 1.54) is 0 Å². The van der Waals surface area contributed by atoms with Crippen LogP contribution in [-0.4, -0.2) is 20.9 Å². The number of aryl methyl sites for hydroxylation is 1. The fourth-order valence-electron chi connectivity index (χ4n) is 2.11. The lowest BCUT2D eigenvalue weighted by Gasteiger charge is -2.08. The molecule has 2 aromatic heterocycles. The first-order valence-corrected chi connectivity index (χ1v) is 8.62. The van der Waals surface area contributed by atoms with Crippen molar-refractivity contribution in [3.63, 3.8) is 0 Å². The SMILES string of the molecule is Nc1nc(COC(=O)CCc2ccsc2)nc(Nc2ccccc2)n1. The van der Waals surface area contributed by atoms with E-state index < -0.39 is 0 Å². The molecule has 0 amide bonds. The molecule has 0 saturated heterocycles. The highest BCUT2D eigenvalue weighted by molar-refractivity contribution is 7.07. The van der Waals surface area contributed by atoms with Crippen molar-refractivity contribution in [3.8, 4) is 0 Å². The van der Waals surface area contributed by atoms with Gasteiger partial charge in [-0.25, -0.2) is 0 Å². The predicted octanol–water partition coefficient (Wildman–Crippen LogP) is 2.93. The summed E-state index contributed by atoms with van der Waals surface area (Å²) in [5.74, 6) is 0.373. The fourth-order valence-corrected chi connectivity index (χ4v) is 2.81. The smallest absolute Gasteiger partial charge is 0.306 e. The number of benzene rings is 1. The van der Waals surface area contributed by atoms with Gasteiger partial charge in [-0.05, 0) is 40.9 Å². The van der Waals surface area contributed by atoms with Gasteiger partial charge in [-0.15, -0.1) is 0 Å². The van der Waals surface area contributed by atoms with Crippen LogP contribution in [0.25, 0.3) is 0 Å². The number of esters is 1. The third-order valence-corrected chi connectivity index (χ3v) is 4.02. The first-order chi connectivity index (χ1) is 12.2. The Bertz CT molecular complexity index is 824. The lowest BCUT2D eigenvalue weighted by Crippen LogP contribution is -2.11. The molecule has 8 heteroatoms. The molecule has 0 aliphatic rings. The summed E-state index contributed by atoms with van der Waals surface area (Å²) in [6.45, 7) is -0.0430. The molecule has 2 heterocycles. The summed E-state index contributed by atoms with van der Waals surface area (Å²) >= 11 is 1.61. The van der Waals surface area contributed by atoms with Crippen molar-refractivity contribution in [1.29, 1.82) is 0 Å². The van der Waals surface area contributed by atoms with Gasteiger partial charge < -0.3 is 15.8 Å². The average Bonchev–Trinajstić information content (AvgIpc) is 3.12. The van der Waals surface area contributed by atoms with Crippen LogP contribution in [0.5, 0.6) is 0 Å². The van der Waals surface area contributed by atoms with E-state index in [9.17, 15) is 4.79 Å². The maximum Gasteiger partial charge on any atom is 0.306 e. The van der Waals surface area contributed by atoms with Crippen LogP contribution >= 0.6 is 11.3 Å². The molecule has 0 unspecified atom stereocenters. The van der Waals surface area contributed by atoms with Gasteiger partial charge in [-0.3, -0.25) is 4.79 Å². The Balaban J connectivity index is 1.55. The number of thiophene rings is 1. The number of ether oxygens (including phenoxy) is 1. The molecular formula is C17H17N5O2S. The Hall–Kier alpha value is -3.00. The summed E-state index contributed by atoms with van der Waals surface area (Å²) in [5.41, 5.74) is 7.65. The van der Waals surface area contributed by atoms with E-state index >= 15 is 0 Å². The van der Waals surface area contributed by atoms with Crippen LogP contribution in [0, 0.1) is 0 Å². The Labute approximate surface area is 148 Å². The lowest BCUT2D eigenvalue weighted by molar-refractivity contribution is -0.145. The van der Waals surface area contributed by atoms with Gasteiger partial charge in [0, 0.05) is 12.1 Å². The Morgan fingerprint density at radius 1 is 1.16 bits per heavy atom. The molecule has 0 saturated carbocycles. The minimum atomic E-state index is -0.303. The van der Waals surface area contributed by atoms with E-state index in [4.69, 9.17) is 10.5 Å². The average molecular weight is 355 g/mol. The van der Waals surface area contributed by atoms with Crippen LogP contribution < -0.4 is 11.1 Å². The number of carbonyl (C=O) groups is 1. The Morgan fingerprint density at radius 3 is 2.76 bits per heavy atom. The van der Waals surface area contributed by atoms with E-state index in [1.807, 2.05) is 47.2 Å². The van der Waals surface area contributed by atoms with E-state index in [1.54, 1.807) is 11.3 Å². The third-order valence-electron chi connectivity index (χ3n) is 3.29. The van der Waals surface area contributed by atoms with Gasteiger partial charge in [0.05, 0.1) is 0 Å². The van der Waals surface area contributed by atoms with E-state index in [-0.39, 0.29) is 18.5 Å². The summed E-state index contributed by atoms with van der Waals surface area (Å²) in [7, 11) is 0. The quantitative estimate of drug-likeness (QED) is 0.628. The van der Waals surface area contributed by atoms with Crippen molar-refractivity contribution in [3.05, 3.63) is 58.5 Å². The second-order valence-electron chi connectivity index (χ2n) is 5.22. The van der Waals surface area contributed by atoms with Crippen LogP contribution in [0.1, 0.15) is 17.8 Å². The first kappa shape index (κ1) is 16.8. The van der Waals surface area contributed by atoms with Crippen molar-refractivity contribution in [2.75, 3.05) is 11.1 Å². The summed E-state index contributed by atoms with van der Waals surface area (Å²) in [6, 6.07) is 11.4. The zero-order valence-electron chi connectivity index (χ0n) is 13.4. The number of para-hydroxylation sites is 1.